The van der Waals surface area contributed by atoms with Crippen molar-refractivity contribution in [3.8, 4) is 0 Å². The summed E-state index contributed by atoms with van der Waals surface area (Å²) in [6.07, 6.45) is 6.42. The fourth-order valence-electron chi connectivity index (χ4n) is 3.41. The van der Waals surface area contributed by atoms with Gasteiger partial charge in [0.15, 0.2) is 0 Å². The molecule has 1 aliphatic carbocycles. The van der Waals surface area contributed by atoms with Crippen LogP contribution in [0, 0.1) is 0 Å². The first-order valence-electron chi connectivity index (χ1n) is 7.03. The average molecular weight is 292 g/mol. The molecule has 0 atom stereocenters. The number of aromatic nitrogens is 1. The fourth-order valence-corrected chi connectivity index (χ4v) is 3.72. The second-order valence-corrected chi connectivity index (χ2v) is 6.17. The van der Waals surface area contributed by atoms with Crippen LogP contribution in [0.15, 0.2) is 24.4 Å². The van der Waals surface area contributed by atoms with Crippen LogP contribution in [0.5, 0.6) is 0 Å². The van der Waals surface area contributed by atoms with Gasteiger partial charge in [-0.1, -0.05) is 43.0 Å². The largest absolute Gasteiger partial charge is 0.481 e. The van der Waals surface area contributed by atoms with E-state index in [1.165, 1.54) is 0 Å². The molecular formula is C16H18ClNO2. The molecule has 0 bridgehead atoms. The van der Waals surface area contributed by atoms with E-state index < -0.39 is 11.4 Å². The monoisotopic (exact) mass is 291 g/mol. The van der Waals surface area contributed by atoms with Gasteiger partial charge in [-0.15, -0.1) is 0 Å². The number of nitrogens with zero attached hydrogens (tertiary/aromatic N) is 1. The van der Waals surface area contributed by atoms with Crippen LogP contribution < -0.4 is 0 Å². The SMILES string of the molecule is Cn1cc(Cl)c2ccc(C3(C(=O)O)CCCCC3)cc21. The molecule has 3 nitrogen and oxygen atoms in total. The average Bonchev–Trinajstić information content (AvgIpc) is 2.74. The molecule has 3 rings (SSSR count). The molecule has 1 aromatic carbocycles. The minimum absolute atomic E-state index is 0.697. The molecule has 0 saturated heterocycles. The number of benzene rings is 1. The summed E-state index contributed by atoms with van der Waals surface area (Å²) in [5.41, 5.74) is 1.19. The molecule has 0 radical (unpaired) electrons. The van der Waals surface area contributed by atoms with Crippen molar-refractivity contribution in [3.05, 3.63) is 35.0 Å². The molecule has 0 aliphatic heterocycles. The smallest absolute Gasteiger partial charge is 0.314 e. The van der Waals surface area contributed by atoms with Crippen molar-refractivity contribution in [3.63, 3.8) is 0 Å². The molecule has 2 aromatic rings. The van der Waals surface area contributed by atoms with E-state index in [4.69, 9.17) is 11.6 Å². The van der Waals surface area contributed by atoms with Gasteiger partial charge < -0.3 is 9.67 Å². The van der Waals surface area contributed by atoms with Crippen LogP contribution in [0.2, 0.25) is 5.02 Å². The van der Waals surface area contributed by atoms with Gasteiger partial charge in [0.1, 0.15) is 0 Å². The number of aryl methyl sites for hydroxylation is 1. The summed E-state index contributed by atoms with van der Waals surface area (Å²) in [4.78, 5) is 11.9. The molecule has 0 amide bonds. The van der Waals surface area contributed by atoms with Gasteiger partial charge in [-0.05, 0) is 24.5 Å². The molecule has 1 saturated carbocycles. The first kappa shape index (κ1) is 13.5. The third-order valence-electron chi connectivity index (χ3n) is 4.61. The molecule has 1 heterocycles. The zero-order valence-corrected chi connectivity index (χ0v) is 12.3. The number of rotatable bonds is 2. The Kier molecular flexibility index (Phi) is 3.25. The van der Waals surface area contributed by atoms with Crippen LogP contribution in [0.4, 0.5) is 0 Å². The van der Waals surface area contributed by atoms with Crippen molar-refractivity contribution >= 4 is 28.5 Å². The second-order valence-electron chi connectivity index (χ2n) is 5.77. The van der Waals surface area contributed by atoms with Crippen LogP contribution in [0.3, 0.4) is 0 Å². The minimum Gasteiger partial charge on any atom is -0.481 e. The highest BCUT2D eigenvalue weighted by Gasteiger charge is 2.41. The maximum absolute atomic E-state index is 11.9. The number of carbonyl (C=O) groups is 1. The van der Waals surface area contributed by atoms with Crippen LogP contribution in [0.1, 0.15) is 37.7 Å². The third-order valence-corrected chi connectivity index (χ3v) is 4.91. The lowest BCUT2D eigenvalue weighted by atomic mass is 9.69. The number of halogens is 1. The number of carboxylic acids is 1. The van der Waals surface area contributed by atoms with Gasteiger partial charge in [0, 0.05) is 24.1 Å². The van der Waals surface area contributed by atoms with Crippen molar-refractivity contribution in [2.45, 2.75) is 37.5 Å². The number of aliphatic carboxylic acids is 1. The van der Waals surface area contributed by atoms with Gasteiger partial charge >= 0.3 is 5.97 Å². The molecule has 0 spiro atoms. The molecule has 4 heteroatoms. The summed E-state index contributed by atoms with van der Waals surface area (Å²) in [7, 11) is 1.94. The van der Waals surface area contributed by atoms with Crippen molar-refractivity contribution < 1.29 is 9.90 Å². The van der Waals surface area contributed by atoms with Crippen molar-refractivity contribution in [2.75, 3.05) is 0 Å². The summed E-state index contributed by atoms with van der Waals surface area (Å²) in [5.74, 6) is -0.697. The van der Waals surface area contributed by atoms with E-state index in [0.29, 0.717) is 5.02 Å². The summed E-state index contributed by atoms with van der Waals surface area (Å²) in [6.45, 7) is 0. The Balaban J connectivity index is 2.16. The molecule has 0 unspecified atom stereocenters. The Bertz CT molecular complexity index is 668. The van der Waals surface area contributed by atoms with Crippen LogP contribution in [-0.4, -0.2) is 15.6 Å². The molecule has 106 valence electrons. The van der Waals surface area contributed by atoms with Crippen molar-refractivity contribution in [2.24, 2.45) is 7.05 Å². The topological polar surface area (TPSA) is 42.2 Å². The Labute approximate surface area is 123 Å². The number of hydrogen-bond donors (Lipinski definition) is 1. The Morgan fingerprint density at radius 2 is 2.00 bits per heavy atom. The molecule has 1 aliphatic rings. The Hall–Kier alpha value is -1.48. The standard InChI is InChI=1S/C16H18ClNO2/c1-18-10-13(17)12-6-5-11(9-14(12)18)16(15(19)20)7-3-2-4-8-16/h5-6,9-10H,2-4,7-8H2,1H3,(H,19,20). The van der Waals surface area contributed by atoms with Crippen LogP contribution in [-0.2, 0) is 17.3 Å². The lowest BCUT2D eigenvalue weighted by Crippen LogP contribution is -2.37. The summed E-state index contributed by atoms with van der Waals surface area (Å²) in [6, 6.07) is 5.89. The first-order valence-corrected chi connectivity index (χ1v) is 7.41. The van der Waals surface area contributed by atoms with Gasteiger partial charge in [-0.25, -0.2) is 0 Å². The maximum Gasteiger partial charge on any atom is 0.314 e. The van der Waals surface area contributed by atoms with Crippen molar-refractivity contribution in [1.82, 2.24) is 4.57 Å². The highest BCUT2D eigenvalue weighted by molar-refractivity contribution is 6.35. The normalized spacial score (nSPS) is 18.3. The van der Waals surface area contributed by atoms with Gasteiger partial charge in [-0.2, -0.15) is 0 Å². The molecule has 20 heavy (non-hydrogen) atoms. The highest BCUT2D eigenvalue weighted by atomic mass is 35.5. The Morgan fingerprint density at radius 1 is 1.30 bits per heavy atom. The number of carboxylic acid groups (broad SMARTS) is 1. The quantitative estimate of drug-likeness (QED) is 0.904. The third kappa shape index (κ3) is 1.92. The van der Waals surface area contributed by atoms with E-state index in [1.54, 1.807) is 0 Å². The molecular weight excluding hydrogens is 274 g/mol. The van der Waals surface area contributed by atoms with Crippen LogP contribution in [0.25, 0.3) is 10.9 Å². The van der Waals surface area contributed by atoms with E-state index in [0.717, 1.165) is 48.6 Å². The summed E-state index contributed by atoms with van der Waals surface area (Å²) in [5, 5.41) is 11.4. The minimum atomic E-state index is -0.719. The van der Waals surface area contributed by atoms with E-state index in [9.17, 15) is 9.90 Å². The predicted molar refractivity (Wildman–Crippen MR) is 80.3 cm³/mol. The van der Waals surface area contributed by atoms with E-state index in [-0.39, 0.29) is 0 Å². The molecule has 1 fully saturated rings. The molecule has 1 aromatic heterocycles. The lowest BCUT2D eigenvalue weighted by molar-refractivity contribution is -0.145. The van der Waals surface area contributed by atoms with E-state index >= 15 is 0 Å². The summed E-state index contributed by atoms with van der Waals surface area (Å²) < 4.78 is 1.96. The van der Waals surface area contributed by atoms with Gasteiger partial charge in [-0.3, -0.25) is 4.79 Å². The van der Waals surface area contributed by atoms with Gasteiger partial charge in [0.05, 0.1) is 10.4 Å². The van der Waals surface area contributed by atoms with Gasteiger partial charge in [0.25, 0.3) is 0 Å². The van der Waals surface area contributed by atoms with E-state index in [1.807, 2.05) is 36.0 Å². The highest BCUT2D eigenvalue weighted by Crippen LogP contribution is 2.41. The zero-order chi connectivity index (χ0) is 14.3. The molecule has 1 N–H and O–H groups in total. The summed E-state index contributed by atoms with van der Waals surface area (Å²) >= 11 is 6.18. The maximum atomic E-state index is 11.9. The van der Waals surface area contributed by atoms with Crippen molar-refractivity contribution in [1.29, 1.82) is 0 Å². The second kappa shape index (κ2) is 4.81. The number of hydrogen-bond acceptors (Lipinski definition) is 1. The first-order chi connectivity index (χ1) is 9.54. The van der Waals surface area contributed by atoms with Gasteiger partial charge in [0.2, 0.25) is 0 Å². The fraction of sp³-hybridized carbons (Fsp3) is 0.438. The van der Waals surface area contributed by atoms with E-state index in [2.05, 4.69) is 0 Å². The zero-order valence-electron chi connectivity index (χ0n) is 11.5. The van der Waals surface area contributed by atoms with Crippen LogP contribution >= 0.6 is 11.6 Å². The Morgan fingerprint density at radius 3 is 2.65 bits per heavy atom. The predicted octanol–water partition coefficient (Wildman–Crippen LogP) is 4.12. The number of fused-ring (bicyclic) bond motifs is 1. The lowest BCUT2D eigenvalue weighted by Gasteiger charge is -2.33.